The molecule has 2 N–H and O–H groups in total. The summed E-state index contributed by atoms with van der Waals surface area (Å²) in [6, 6.07) is 16.5. The molecule has 0 unspecified atom stereocenters. The minimum Gasteiger partial charge on any atom is -0.477 e. The Hall–Kier alpha value is -2.59. The van der Waals surface area contributed by atoms with Gasteiger partial charge in [-0.25, -0.2) is 4.79 Å². The van der Waals surface area contributed by atoms with Crippen LogP contribution in [0, 0.1) is 6.92 Å². The summed E-state index contributed by atoms with van der Waals surface area (Å²) < 4.78 is 1.93. The van der Waals surface area contributed by atoms with Crippen molar-refractivity contribution in [2.75, 3.05) is 0 Å². The Morgan fingerprint density at radius 1 is 1.19 bits per heavy atom. The normalized spacial score (nSPS) is 12.4. The average molecular weight is 350 g/mol. The van der Waals surface area contributed by atoms with Crippen LogP contribution < -0.4 is 5.32 Å². The van der Waals surface area contributed by atoms with E-state index in [9.17, 15) is 9.90 Å². The van der Waals surface area contributed by atoms with Crippen LogP contribution in [0.4, 0.5) is 0 Å². The number of carbonyl (C=O) groups is 1. The molecule has 0 bridgehead atoms. The van der Waals surface area contributed by atoms with Crippen LogP contribution in [0.15, 0.2) is 48.5 Å². The second-order valence-corrected chi connectivity index (χ2v) is 6.91. The molecule has 1 heterocycles. The van der Waals surface area contributed by atoms with Crippen LogP contribution >= 0.6 is 0 Å². The first-order chi connectivity index (χ1) is 12.5. The molecule has 0 spiro atoms. The van der Waals surface area contributed by atoms with E-state index in [1.165, 1.54) is 5.56 Å². The summed E-state index contributed by atoms with van der Waals surface area (Å²) >= 11 is 0. The highest BCUT2D eigenvalue weighted by Crippen LogP contribution is 2.28. The molecule has 1 atom stereocenters. The van der Waals surface area contributed by atoms with Crippen molar-refractivity contribution < 1.29 is 9.90 Å². The van der Waals surface area contributed by atoms with Crippen molar-refractivity contribution in [3.05, 3.63) is 70.9 Å². The second-order valence-electron chi connectivity index (χ2n) is 6.91. The van der Waals surface area contributed by atoms with Crippen LogP contribution in [-0.2, 0) is 13.1 Å². The number of aromatic nitrogens is 1. The van der Waals surface area contributed by atoms with Crippen LogP contribution in [-0.4, -0.2) is 21.7 Å². The minimum absolute atomic E-state index is 0.343. The van der Waals surface area contributed by atoms with E-state index in [2.05, 4.69) is 38.2 Å². The Labute approximate surface area is 154 Å². The molecule has 26 heavy (non-hydrogen) atoms. The molecule has 0 saturated heterocycles. The molecule has 0 radical (unpaired) electrons. The summed E-state index contributed by atoms with van der Waals surface area (Å²) in [5.41, 5.74) is 4.49. The van der Waals surface area contributed by atoms with Gasteiger partial charge in [0.15, 0.2) is 0 Å². The molecule has 0 amide bonds. The zero-order valence-corrected chi connectivity index (χ0v) is 15.6. The van der Waals surface area contributed by atoms with Crippen molar-refractivity contribution in [2.24, 2.45) is 0 Å². The fraction of sp³-hybridized carbons (Fsp3) is 0.318. The van der Waals surface area contributed by atoms with Gasteiger partial charge < -0.3 is 15.0 Å². The smallest absolute Gasteiger partial charge is 0.352 e. The highest BCUT2D eigenvalue weighted by Gasteiger charge is 2.22. The molecule has 136 valence electrons. The lowest BCUT2D eigenvalue weighted by molar-refractivity contribution is 0.0684. The van der Waals surface area contributed by atoms with E-state index in [0.29, 0.717) is 24.8 Å². The maximum atomic E-state index is 12.1. The first-order valence-electron chi connectivity index (χ1n) is 9.13. The van der Waals surface area contributed by atoms with Gasteiger partial charge in [0.1, 0.15) is 5.69 Å². The Balaban J connectivity index is 2.11. The Bertz CT molecular complexity index is 927. The van der Waals surface area contributed by atoms with Crippen molar-refractivity contribution in [2.45, 2.75) is 46.3 Å². The fourth-order valence-electron chi connectivity index (χ4n) is 3.38. The van der Waals surface area contributed by atoms with E-state index in [0.717, 1.165) is 28.5 Å². The van der Waals surface area contributed by atoms with Gasteiger partial charge in [0, 0.05) is 35.6 Å². The Morgan fingerprint density at radius 3 is 2.65 bits per heavy atom. The van der Waals surface area contributed by atoms with Crippen molar-refractivity contribution in [1.82, 2.24) is 9.88 Å². The number of carboxylic acid groups (broad SMARTS) is 1. The SMILES string of the molecule is CC[C@@H](C)NCc1c(C(=O)O)n(Cc2cccc(C)c2)c2ccccc12. The van der Waals surface area contributed by atoms with Crippen LogP contribution in [0.3, 0.4) is 0 Å². The number of aryl methyl sites for hydroxylation is 1. The average Bonchev–Trinajstić information content (AvgIpc) is 2.93. The van der Waals surface area contributed by atoms with Gasteiger partial charge >= 0.3 is 5.97 Å². The molecule has 0 saturated carbocycles. The maximum Gasteiger partial charge on any atom is 0.352 e. The molecular weight excluding hydrogens is 324 g/mol. The fourth-order valence-corrected chi connectivity index (χ4v) is 3.38. The van der Waals surface area contributed by atoms with Gasteiger partial charge in [0.2, 0.25) is 0 Å². The number of fused-ring (bicyclic) bond motifs is 1. The maximum absolute atomic E-state index is 12.1. The van der Waals surface area contributed by atoms with Crippen molar-refractivity contribution in [3.8, 4) is 0 Å². The molecule has 1 aromatic heterocycles. The van der Waals surface area contributed by atoms with E-state index < -0.39 is 5.97 Å². The van der Waals surface area contributed by atoms with Gasteiger partial charge in [-0.05, 0) is 31.9 Å². The first kappa shape index (κ1) is 18.2. The van der Waals surface area contributed by atoms with Gasteiger partial charge in [0.05, 0.1) is 0 Å². The predicted octanol–water partition coefficient (Wildman–Crippen LogP) is 4.58. The predicted molar refractivity (Wildman–Crippen MR) is 106 cm³/mol. The number of hydrogen-bond acceptors (Lipinski definition) is 2. The minimum atomic E-state index is -0.880. The first-order valence-corrected chi connectivity index (χ1v) is 9.13. The number of hydrogen-bond donors (Lipinski definition) is 2. The van der Waals surface area contributed by atoms with Crippen LogP contribution in [0.1, 0.15) is 47.4 Å². The van der Waals surface area contributed by atoms with Crippen LogP contribution in [0.25, 0.3) is 10.9 Å². The Morgan fingerprint density at radius 2 is 1.96 bits per heavy atom. The van der Waals surface area contributed by atoms with Gasteiger partial charge in [-0.3, -0.25) is 0 Å². The largest absolute Gasteiger partial charge is 0.477 e. The zero-order chi connectivity index (χ0) is 18.7. The van der Waals surface area contributed by atoms with Gasteiger partial charge in [-0.15, -0.1) is 0 Å². The number of para-hydroxylation sites is 1. The van der Waals surface area contributed by atoms with Crippen molar-refractivity contribution in [3.63, 3.8) is 0 Å². The molecule has 0 fully saturated rings. The van der Waals surface area contributed by atoms with E-state index in [1.807, 2.05) is 41.0 Å². The molecule has 4 nitrogen and oxygen atoms in total. The summed E-state index contributed by atoms with van der Waals surface area (Å²) in [5, 5.41) is 14.4. The van der Waals surface area contributed by atoms with E-state index in [1.54, 1.807) is 0 Å². The third-order valence-corrected chi connectivity index (χ3v) is 4.94. The summed E-state index contributed by atoms with van der Waals surface area (Å²) in [7, 11) is 0. The summed E-state index contributed by atoms with van der Waals surface area (Å²) in [6.45, 7) is 7.39. The second kappa shape index (κ2) is 7.75. The van der Waals surface area contributed by atoms with Crippen LogP contribution in [0.5, 0.6) is 0 Å². The number of benzene rings is 2. The topological polar surface area (TPSA) is 54.3 Å². The Kier molecular flexibility index (Phi) is 5.43. The lowest BCUT2D eigenvalue weighted by atomic mass is 10.1. The van der Waals surface area contributed by atoms with E-state index >= 15 is 0 Å². The van der Waals surface area contributed by atoms with Crippen molar-refractivity contribution in [1.29, 1.82) is 0 Å². The summed E-state index contributed by atoms with van der Waals surface area (Å²) in [6.07, 6.45) is 1.00. The van der Waals surface area contributed by atoms with Gasteiger partial charge in [0.25, 0.3) is 0 Å². The lowest BCUT2D eigenvalue weighted by Gasteiger charge is -2.13. The number of aromatic carboxylic acids is 1. The quantitative estimate of drug-likeness (QED) is 0.655. The zero-order valence-electron chi connectivity index (χ0n) is 15.6. The standard InChI is InChI=1S/C22H26N2O2/c1-4-16(3)23-13-19-18-10-5-6-11-20(18)24(21(19)22(25)26)14-17-9-7-8-15(2)12-17/h5-12,16,23H,4,13-14H2,1-3H3,(H,25,26)/t16-/m1/s1. The van der Waals surface area contributed by atoms with E-state index in [-0.39, 0.29) is 0 Å². The number of nitrogens with one attached hydrogen (secondary N) is 1. The summed E-state index contributed by atoms with van der Waals surface area (Å²) in [4.78, 5) is 12.1. The molecule has 3 rings (SSSR count). The molecular formula is C22H26N2O2. The van der Waals surface area contributed by atoms with Crippen LogP contribution in [0.2, 0.25) is 0 Å². The molecule has 0 aliphatic rings. The third kappa shape index (κ3) is 3.65. The summed E-state index contributed by atoms with van der Waals surface area (Å²) in [5.74, 6) is -0.880. The highest BCUT2D eigenvalue weighted by molar-refractivity contribution is 5.98. The lowest BCUT2D eigenvalue weighted by Crippen LogP contribution is -2.25. The number of carboxylic acids is 1. The molecule has 4 heteroatoms. The monoisotopic (exact) mass is 350 g/mol. The molecule has 0 aliphatic heterocycles. The molecule has 2 aromatic carbocycles. The molecule has 3 aromatic rings. The highest BCUT2D eigenvalue weighted by atomic mass is 16.4. The van der Waals surface area contributed by atoms with Crippen molar-refractivity contribution >= 4 is 16.9 Å². The van der Waals surface area contributed by atoms with Gasteiger partial charge in [-0.2, -0.15) is 0 Å². The third-order valence-electron chi connectivity index (χ3n) is 4.94. The van der Waals surface area contributed by atoms with E-state index in [4.69, 9.17) is 0 Å². The molecule has 0 aliphatic carbocycles. The number of rotatable bonds is 7. The van der Waals surface area contributed by atoms with Gasteiger partial charge in [-0.1, -0.05) is 55.0 Å². The number of nitrogens with zero attached hydrogens (tertiary/aromatic N) is 1.